The van der Waals surface area contributed by atoms with E-state index in [9.17, 15) is 5.11 Å². The van der Waals surface area contributed by atoms with Gasteiger partial charge in [-0.3, -0.25) is 4.68 Å². The van der Waals surface area contributed by atoms with Crippen LogP contribution in [-0.2, 0) is 25.0 Å². The van der Waals surface area contributed by atoms with Gasteiger partial charge < -0.3 is 5.11 Å². The first kappa shape index (κ1) is 15.8. The molecule has 1 aromatic heterocycles. The summed E-state index contributed by atoms with van der Waals surface area (Å²) in [5.74, 6) is 0. The maximum atomic E-state index is 11.2. The molecule has 1 N–H and O–H groups in total. The van der Waals surface area contributed by atoms with Crippen molar-refractivity contribution in [1.29, 1.82) is 0 Å². The highest BCUT2D eigenvalue weighted by molar-refractivity contribution is 5.25. The topological polar surface area (TPSA) is 38.1 Å². The third-order valence-corrected chi connectivity index (χ3v) is 4.02. The molecule has 2 aromatic rings. The van der Waals surface area contributed by atoms with E-state index in [1.165, 1.54) is 0 Å². The summed E-state index contributed by atoms with van der Waals surface area (Å²) in [6, 6.07) is 12.1. The number of aromatic nitrogens is 2. The standard InChI is InChI=1S/C18H26N2O/c1-4-12-18(21,15-10-8-7-9-11-15)14-17-13-16(5-2)19-20(17)6-3/h7-11,13,21H,4-6,12,14H2,1-3H3. The van der Waals surface area contributed by atoms with Crippen LogP contribution in [0.3, 0.4) is 0 Å². The molecule has 1 atom stereocenters. The zero-order valence-corrected chi connectivity index (χ0v) is 13.3. The van der Waals surface area contributed by atoms with Gasteiger partial charge in [0.1, 0.15) is 0 Å². The van der Waals surface area contributed by atoms with Gasteiger partial charge in [-0.1, -0.05) is 50.6 Å². The van der Waals surface area contributed by atoms with E-state index in [4.69, 9.17) is 0 Å². The fourth-order valence-corrected chi connectivity index (χ4v) is 2.90. The van der Waals surface area contributed by atoms with Crippen molar-refractivity contribution in [1.82, 2.24) is 9.78 Å². The molecular formula is C18H26N2O. The molecule has 3 heteroatoms. The Morgan fingerprint density at radius 2 is 1.86 bits per heavy atom. The predicted molar refractivity (Wildman–Crippen MR) is 86.2 cm³/mol. The molecule has 0 aliphatic carbocycles. The molecule has 0 radical (unpaired) electrons. The molecule has 1 heterocycles. The first-order chi connectivity index (χ1) is 10.1. The average Bonchev–Trinajstić information content (AvgIpc) is 2.90. The van der Waals surface area contributed by atoms with E-state index in [1.54, 1.807) is 0 Å². The third-order valence-electron chi connectivity index (χ3n) is 4.02. The molecule has 0 saturated heterocycles. The monoisotopic (exact) mass is 286 g/mol. The summed E-state index contributed by atoms with van der Waals surface area (Å²) in [6.07, 6.45) is 3.25. The zero-order chi connectivity index (χ0) is 15.3. The second kappa shape index (κ2) is 6.90. The maximum absolute atomic E-state index is 11.2. The molecule has 1 aromatic carbocycles. The fraction of sp³-hybridized carbons (Fsp3) is 0.500. The van der Waals surface area contributed by atoms with Crippen LogP contribution >= 0.6 is 0 Å². The number of benzene rings is 1. The van der Waals surface area contributed by atoms with E-state index < -0.39 is 5.60 Å². The Morgan fingerprint density at radius 3 is 2.43 bits per heavy atom. The second-order valence-electron chi connectivity index (χ2n) is 5.62. The van der Waals surface area contributed by atoms with Crippen molar-refractivity contribution in [2.24, 2.45) is 0 Å². The van der Waals surface area contributed by atoms with Crippen LogP contribution in [0.2, 0.25) is 0 Å². The number of aryl methyl sites for hydroxylation is 2. The molecule has 21 heavy (non-hydrogen) atoms. The molecule has 0 amide bonds. The van der Waals surface area contributed by atoms with E-state index in [-0.39, 0.29) is 0 Å². The van der Waals surface area contributed by atoms with Gasteiger partial charge in [-0.2, -0.15) is 5.10 Å². The maximum Gasteiger partial charge on any atom is 0.0951 e. The van der Waals surface area contributed by atoms with Gasteiger partial charge >= 0.3 is 0 Å². The largest absolute Gasteiger partial charge is 0.385 e. The van der Waals surface area contributed by atoms with Crippen molar-refractivity contribution in [2.45, 2.75) is 58.6 Å². The van der Waals surface area contributed by atoms with E-state index in [2.05, 4.69) is 31.9 Å². The molecule has 3 nitrogen and oxygen atoms in total. The highest BCUT2D eigenvalue weighted by Gasteiger charge is 2.30. The van der Waals surface area contributed by atoms with Gasteiger partial charge in [-0.25, -0.2) is 0 Å². The Kier molecular flexibility index (Phi) is 5.18. The van der Waals surface area contributed by atoms with Crippen LogP contribution in [0.5, 0.6) is 0 Å². The molecule has 0 aliphatic rings. The normalized spacial score (nSPS) is 14.1. The van der Waals surface area contributed by atoms with Gasteiger partial charge in [-0.15, -0.1) is 0 Å². The van der Waals surface area contributed by atoms with Crippen molar-refractivity contribution in [3.63, 3.8) is 0 Å². The summed E-state index contributed by atoms with van der Waals surface area (Å²) in [5.41, 5.74) is 2.40. The molecule has 1 unspecified atom stereocenters. The lowest BCUT2D eigenvalue weighted by atomic mass is 9.85. The van der Waals surface area contributed by atoms with E-state index >= 15 is 0 Å². The Hall–Kier alpha value is -1.61. The van der Waals surface area contributed by atoms with Crippen molar-refractivity contribution in [3.05, 3.63) is 53.3 Å². The molecule has 0 aliphatic heterocycles. The number of rotatable bonds is 7. The molecule has 0 spiro atoms. The van der Waals surface area contributed by atoms with Crippen LogP contribution in [0.15, 0.2) is 36.4 Å². The predicted octanol–water partition coefficient (Wildman–Crippen LogP) is 3.70. The lowest BCUT2D eigenvalue weighted by molar-refractivity contribution is 0.0249. The summed E-state index contributed by atoms with van der Waals surface area (Å²) >= 11 is 0. The van der Waals surface area contributed by atoms with Gasteiger partial charge in [0.25, 0.3) is 0 Å². The van der Waals surface area contributed by atoms with Crippen molar-refractivity contribution < 1.29 is 5.11 Å². The Balaban J connectivity index is 2.34. The fourth-order valence-electron chi connectivity index (χ4n) is 2.90. The lowest BCUT2D eigenvalue weighted by Crippen LogP contribution is -2.29. The Labute approximate surface area is 127 Å². The van der Waals surface area contributed by atoms with Crippen LogP contribution in [0.4, 0.5) is 0 Å². The first-order valence-electron chi connectivity index (χ1n) is 7.96. The summed E-state index contributed by atoms with van der Waals surface area (Å²) in [6.45, 7) is 7.16. The van der Waals surface area contributed by atoms with Gasteiger partial charge in [0.05, 0.1) is 11.3 Å². The summed E-state index contributed by atoms with van der Waals surface area (Å²) in [7, 11) is 0. The van der Waals surface area contributed by atoms with Crippen LogP contribution in [0, 0.1) is 0 Å². The second-order valence-corrected chi connectivity index (χ2v) is 5.62. The smallest absolute Gasteiger partial charge is 0.0951 e. The highest BCUT2D eigenvalue weighted by atomic mass is 16.3. The quantitative estimate of drug-likeness (QED) is 0.843. The van der Waals surface area contributed by atoms with E-state index in [0.29, 0.717) is 6.42 Å². The lowest BCUT2D eigenvalue weighted by Gasteiger charge is -2.28. The minimum absolute atomic E-state index is 0.617. The average molecular weight is 286 g/mol. The van der Waals surface area contributed by atoms with Gasteiger partial charge in [0.2, 0.25) is 0 Å². The third kappa shape index (κ3) is 3.53. The molecule has 0 fully saturated rings. The summed E-state index contributed by atoms with van der Waals surface area (Å²) < 4.78 is 2.02. The minimum Gasteiger partial charge on any atom is -0.385 e. The van der Waals surface area contributed by atoms with Crippen molar-refractivity contribution in [3.8, 4) is 0 Å². The number of nitrogens with zero attached hydrogens (tertiary/aromatic N) is 2. The Morgan fingerprint density at radius 1 is 1.14 bits per heavy atom. The number of hydrogen-bond acceptors (Lipinski definition) is 2. The van der Waals surface area contributed by atoms with Crippen molar-refractivity contribution >= 4 is 0 Å². The molecular weight excluding hydrogens is 260 g/mol. The molecule has 0 bridgehead atoms. The first-order valence-corrected chi connectivity index (χ1v) is 7.96. The molecule has 114 valence electrons. The number of hydrogen-bond donors (Lipinski definition) is 1. The molecule has 2 rings (SSSR count). The van der Waals surface area contributed by atoms with E-state index in [1.807, 2.05) is 35.0 Å². The highest BCUT2D eigenvalue weighted by Crippen LogP contribution is 2.30. The van der Waals surface area contributed by atoms with E-state index in [0.717, 1.165) is 42.8 Å². The van der Waals surface area contributed by atoms with Crippen LogP contribution in [0.1, 0.15) is 50.6 Å². The minimum atomic E-state index is -0.812. The number of aliphatic hydroxyl groups is 1. The summed E-state index contributed by atoms with van der Waals surface area (Å²) in [5, 5.41) is 15.8. The van der Waals surface area contributed by atoms with Crippen LogP contribution in [0.25, 0.3) is 0 Å². The summed E-state index contributed by atoms with van der Waals surface area (Å²) in [4.78, 5) is 0. The van der Waals surface area contributed by atoms with Crippen LogP contribution < -0.4 is 0 Å². The van der Waals surface area contributed by atoms with Gasteiger partial charge in [0, 0.05) is 18.7 Å². The van der Waals surface area contributed by atoms with Gasteiger partial charge in [-0.05, 0) is 31.4 Å². The molecule has 0 saturated carbocycles. The van der Waals surface area contributed by atoms with Crippen LogP contribution in [-0.4, -0.2) is 14.9 Å². The van der Waals surface area contributed by atoms with Gasteiger partial charge in [0.15, 0.2) is 0 Å². The Bertz CT molecular complexity index is 562. The zero-order valence-electron chi connectivity index (χ0n) is 13.3. The van der Waals surface area contributed by atoms with Crippen molar-refractivity contribution in [2.75, 3.05) is 0 Å². The SMILES string of the molecule is CCCC(O)(Cc1cc(CC)nn1CC)c1ccccc1.